The summed E-state index contributed by atoms with van der Waals surface area (Å²) in [5.41, 5.74) is 5.02. The molecule has 1 saturated heterocycles. The summed E-state index contributed by atoms with van der Waals surface area (Å²) in [5.74, 6) is -0.0817. The molecule has 0 spiro atoms. The molecule has 3 rings (SSSR count). The molecular formula is C19H22N2O2. The Balaban J connectivity index is 1.68. The Bertz CT molecular complexity index is 689. The molecule has 0 saturated carbocycles. The first-order valence-electron chi connectivity index (χ1n) is 7.95. The average Bonchev–Trinajstić information content (AvgIpc) is 2.59. The second kappa shape index (κ2) is 6.84. The quantitative estimate of drug-likeness (QED) is 0.945. The van der Waals surface area contributed by atoms with Crippen LogP contribution in [0.15, 0.2) is 42.5 Å². The molecule has 4 nitrogen and oxygen atoms in total. The predicted molar refractivity (Wildman–Crippen MR) is 93.3 cm³/mol. The molecule has 1 aliphatic rings. The molecule has 0 aliphatic carbocycles. The number of ether oxygens (including phenoxy) is 1. The highest BCUT2D eigenvalue weighted by atomic mass is 16.5. The third kappa shape index (κ3) is 3.71. The summed E-state index contributed by atoms with van der Waals surface area (Å²) < 4.78 is 5.36. The largest absolute Gasteiger partial charge is 0.378 e. The first-order valence-corrected chi connectivity index (χ1v) is 7.95. The van der Waals surface area contributed by atoms with Gasteiger partial charge < -0.3 is 15.0 Å². The number of carbonyl (C=O) groups excluding carboxylic acids is 1. The van der Waals surface area contributed by atoms with Crippen molar-refractivity contribution in [1.29, 1.82) is 0 Å². The van der Waals surface area contributed by atoms with Gasteiger partial charge in [-0.2, -0.15) is 0 Å². The molecule has 0 bridgehead atoms. The van der Waals surface area contributed by atoms with Crippen LogP contribution >= 0.6 is 0 Å². The highest BCUT2D eigenvalue weighted by Crippen LogP contribution is 2.18. The van der Waals surface area contributed by atoms with Crippen molar-refractivity contribution in [3.8, 4) is 0 Å². The molecule has 2 aromatic carbocycles. The molecule has 0 unspecified atom stereocenters. The molecule has 4 heteroatoms. The Hall–Kier alpha value is -2.33. The summed E-state index contributed by atoms with van der Waals surface area (Å²) in [4.78, 5) is 14.6. The number of nitrogens with one attached hydrogen (secondary N) is 1. The maximum absolute atomic E-state index is 12.4. The molecule has 1 aliphatic heterocycles. The number of carbonyl (C=O) groups is 1. The van der Waals surface area contributed by atoms with Crippen LogP contribution in [0.25, 0.3) is 0 Å². The van der Waals surface area contributed by atoms with Gasteiger partial charge >= 0.3 is 0 Å². The fourth-order valence-corrected chi connectivity index (χ4v) is 2.67. The van der Waals surface area contributed by atoms with Gasteiger partial charge in [0.15, 0.2) is 0 Å². The van der Waals surface area contributed by atoms with E-state index in [9.17, 15) is 4.79 Å². The Kier molecular flexibility index (Phi) is 4.63. The minimum absolute atomic E-state index is 0.0817. The van der Waals surface area contributed by atoms with Crippen molar-refractivity contribution in [3.05, 3.63) is 59.2 Å². The zero-order valence-electron chi connectivity index (χ0n) is 13.6. The lowest BCUT2D eigenvalue weighted by atomic mass is 10.1. The van der Waals surface area contributed by atoms with Crippen molar-refractivity contribution in [2.24, 2.45) is 0 Å². The fraction of sp³-hybridized carbons (Fsp3) is 0.316. The molecule has 0 radical (unpaired) electrons. The second-order valence-electron chi connectivity index (χ2n) is 5.90. The molecule has 120 valence electrons. The molecule has 1 heterocycles. The van der Waals surface area contributed by atoms with E-state index in [1.165, 1.54) is 11.1 Å². The number of hydrogen-bond donors (Lipinski definition) is 1. The predicted octanol–water partition coefficient (Wildman–Crippen LogP) is 3.39. The minimum Gasteiger partial charge on any atom is -0.378 e. The summed E-state index contributed by atoms with van der Waals surface area (Å²) in [7, 11) is 0. The number of aryl methyl sites for hydroxylation is 2. The van der Waals surface area contributed by atoms with E-state index >= 15 is 0 Å². The normalized spacial score (nSPS) is 14.6. The number of anilines is 2. The van der Waals surface area contributed by atoms with Gasteiger partial charge in [-0.25, -0.2) is 0 Å². The Morgan fingerprint density at radius 3 is 2.35 bits per heavy atom. The number of amides is 1. The average molecular weight is 310 g/mol. The molecule has 23 heavy (non-hydrogen) atoms. The number of hydrogen-bond acceptors (Lipinski definition) is 3. The third-order valence-corrected chi connectivity index (χ3v) is 4.27. The Labute approximate surface area is 137 Å². The van der Waals surface area contributed by atoms with Crippen LogP contribution in [0.1, 0.15) is 21.5 Å². The third-order valence-electron chi connectivity index (χ3n) is 4.27. The second-order valence-corrected chi connectivity index (χ2v) is 5.90. The number of morpholine rings is 1. The lowest BCUT2D eigenvalue weighted by Gasteiger charge is -2.28. The lowest BCUT2D eigenvalue weighted by Crippen LogP contribution is -2.36. The Morgan fingerprint density at radius 2 is 1.70 bits per heavy atom. The fourth-order valence-electron chi connectivity index (χ4n) is 2.67. The van der Waals surface area contributed by atoms with Crippen LogP contribution in [0, 0.1) is 13.8 Å². The highest BCUT2D eigenvalue weighted by Gasteiger charge is 2.12. The van der Waals surface area contributed by atoms with Gasteiger partial charge in [0.25, 0.3) is 5.91 Å². The molecule has 0 aromatic heterocycles. The van der Waals surface area contributed by atoms with Crippen molar-refractivity contribution in [1.82, 2.24) is 0 Å². The van der Waals surface area contributed by atoms with E-state index in [1.54, 1.807) is 0 Å². The van der Waals surface area contributed by atoms with Gasteiger partial charge in [0.1, 0.15) is 0 Å². The van der Waals surface area contributed by atoms with E-state index < -0.39 is 0 Å². The van der Waals surface area contributed by atoms with Crippen molar-refractivity contribution >= 4 is 17.3 Å². The topological polar surface area (TPSA) is 41.6 Å². The Morgan fingerprint density at radius 1 is 1.00 bits per heavy atom. The summed E-state index contributed by atoms with van der Waals surface area (Å²) in [6, 6.07) is 13.7. The van der Waals surface area contributed by atoms with Gasteiger partial charge in [0.2, 0.25) is 0 Å². The van der Waals surface area contributed by atoms with Crippen LogP contribution in [0.5, 0.6) is 0 Å². The molecule has 0 atom stereocenters. The SMILES string of the molecule is Cc1ccc(NC(=O)c2ccc(N3CCOCC3)cc2)cc1C. The van der Waals surface area contributed by atoms with E-state index in [0.717, 1.165) is 37.7 Å². The molecule has 1 fully saturated rings. The van der Waals surface area contributed by atoms with Crippen LogP contribution in [0.2, 0.25) is 0 Å². The van der Waals surface area contributed by atoms with Gasteiger partial charge in [0, 0.05) is 30.0 Å². The van der Waals surface area contributed by atoms with Gasteiger partial charge in [-0.3, -0.25) is 4.79 Å². The van der Waals surface area contributed by atoms with E-state index in [2.05, 4.69) is 17.1 Å². The number of nitrogens with zero attached hydrogens (tertiary/aromatic N) is 1. The minimum atomic E-state index is -0.0817. The molecule has 1 amide bonds. The summed E-state index contributed by atoms with van der Waals surface area (Å²) in [6.45, 7) is 7.42. The zero-order chi connectivity index (χ0) is 16.2. The van der Waals surface area contributed by atoms with E-state index in [-0.39, 0.29) is 5.91 Å². The lowest BCUT2D eigenvalue weighted by molar-refractivity contribution is 0.102. The summed E-state index contributed by atoms with van der Waals surface area (Å²) in [5, 5.41) is 2.95. The molecule has 2 aromatic rings. The van der Waals surface area contributed by atoms with Crippen LogP contribution in [-0.4, -0.2) is 32.2 Å². The molecule has 1 N–H and O–H groups in total. The van der Waals surface area contributed by atoms with Gasteiger partial charge in [0.05, 0.1) is 13.2 Å². The van der Waals surface area contributed by atoms with E-state index in [0.29, 0.717) is 5.56 Å². The number of benzene rings is 2. The summed E-state index contributed by atoms with van der Waals surface area (Å²) in [6.07, 6.45) is 0. The molecular weight excluding hydrogens is 288 g/mol. The van der Waals surface area contributed by atoms with E-state index in [1.807, 2.05) is 49.4 Å². The van der Waals surface area contributed by atoms with Crippen LogP contribution in [0.3, 0.4) is 0 Å². The highest BCUT2D eigenvalue weighted by molar-refractivity contribution is 6.04. The zero-order valence-corrected chi connectivity index (χ0v) is 13.6. The number of rotatable bonds is 3. The maximum Gasteiger partial charge on any atom is 0.255 e. The van der Waals surface area contributed by atoms with Crippen LogP contribution in [-0.2, 0) is 4.74 Å². The summed E-state index contributed by atoms with van der Waals surface area (Å²) >= 11 is 0. The van der Waals surface area contributed by atoms with Crippen molar-refractivity contribution in [2.75, 3.05) is 36.5 Å². The maximum atomic E-state index is 12.4. The van der Waals surface area contributed by atoms with Crippen molar-refractivity contribution < 1.29 is 9.53 Å². The monoisotopic (exact) mass is 310 g/mol. The van der Waals surface area contributed by atoms with E-state index in [4.69, 9.17) is 4.74 Å². The van der Waals surface area contributed by atoms with Crippen LogP contribution in [0.4, 0.5) is 11.4 Å². The standard InChI is InChI=1S/C19H22N2O2/c1-14-3-6-17(13-15(14)2)20-19(22)16-4-7-18(8-5-16)21-9-11-23-12-10-21/h3-8,13H,9-12H2,1-2H3,(H,20,22). The van der Waals surface area contributed by atoms with Gasteiger partial charge in [-0.1, -0.05) is 6.07 Å². The first-order chi connectivity index (χ1) is 11.1. The van der Waals surface area contributed by atoms with Crippen molar-refractivity contribution in [2.45, 2.75) is 13.8 Å². The van der Waals surface area contributed by atoms with Crippen molar-refractivity contribution in [3.63, 3.8) is 0 Å². The smallest absolute Gasteiger partial charge is 0.255 e. The first kappa shape index (κ1) is 15.6. The van der Waals surface area contributed by atoms with Gasteiger partial charge in [-0.15, -0.1) is 0 Å². The van der Waals surface area contributed by atoms with Crippen LogP contribution < -0.4 is 10.2 Å². The van der Waals surface area contributed by atoms with Gasteiger partial charge in [-0.05, 0) is 61.4 Å².